The van der Waals surface area contributed by atoms with Gasteiger partial charge in [0.25, 0.3) is 0 Å². The van der Waals surface area contributed by atoms with Crippen LogP contribution in [-0.4, -0.2) is 11.5 Å². The van der Waals surface area contributed by atoms with Crippen LogP contribution in [-0.2, 0) is 0 Å². The Morgan fingerprint density at radius 1 is 1.32 bits per heavy atom. The quantitative estimate of drug-likeness (QED) is 0.873. The second kappa shape index (κ2) is 4.59. The van der Waals surface area contributed by atoms with Gasteiger partial charge in [0.1, 0.15) is 0 Å². The van der Waals surface area contributed by atoms with Crippen LogP contribution in [0.5, 0.6) is 0 Å². The molecule has 0 spiro atoms. The lowest BCUT2D eigenvalue weighted by Crippen LogP contribution is -2.26. The summed E-state index contributed by atoms with van der Waals surface area (Å²) in [6.07, 6.45) is 9.73. The monoisotopic (exact) mass is 256 g/mol. The van der Waals surface area contributed by atoms with Crippen LogP contribution in [0.4, 0.5) is 0 Å². The lowest BCUT2D eigenvalue weighted by atomic mass is 9.93. The number of aromatic nitrogens is 1. The molecule has 1 aromatic heterocycles. The fraction of sp³-hybridized carbons (Fsp3) is 0.706. The van der Waals surface area contributed by atoms with Gasteiger partial charge in [-0.3, -0.25) is 4.98 Å². The molecule has 3 aliphatic rings. The predicted molar refractivity (Wildman–Crippen MR) is 76.6 cm³/mol. The van der Waals surface area contributed by atoms with Crippen LogP contribution in [0, 0.1) is 29.6 Å². The van der Waals surface area contributed by atoms with Crippen molar-refractivity contribution in [2.24, 2.45) is 29.6 Å². The van der Waals surface area contributed by atoms with Gasteiger partial charge in [0.15, 0.2) is 0 Å². The maximum atomic E-state index is 4.33. The summed E-state index contributed by atoms with van der Waals surface area (Å²) in [7, 11) is 0. The van der Waals surface area contributed by atoms with E-state index < -0.39 is 0 Å². The molecule has 0 amide bonds. The second-order valence-corrected chi connectivity index (χ2v) is 6.78. The summed E-state index contributed by atoms with van der Waals surface area (Å²) < 4.78 is 0. The highest BCUT2D eigenvalue weighted by atomic mass is 15.0. The summed E-state index contributed by atoms with van der Waals surface area (Å²) >= 11 is 0. The van der Waals surface area contributed by atoms with Crippen LogP contribution in [0.2, 0.25) is 0 Å². The molecule has 3 fully saturated rings. The first kappa shape index (κ1) is 11.9. The summed E-state index contributed by atoms with van der Waals surface area (Å²) in [5.74, 6) is 5.09. The number of nitrogens with zero attached hydrogens (tertiary/aromatic N) is 1. The Kier molecular flexibility index (Phi) is 2.87. The summed E-state index contributed by atoms with van der Waals surface area (Å²) in [5.41, 5.74) is 1.41. The molecule has 19 heavy (non-hydrogen) atoms. The number of rotatable bonds is 5. The van der Waals surface area contributed by atoms with E-state index in [1.54, 1.807) is 6.42 Å². The molecule has 1 aromatic rings. The van der Waals surface area contributed by atoms with Crippen LogP contribution < -0.4 is 5.32 Å². The van der Waals surface area contributed by atoms with Gasteiger partial charge in [-0.1, -0.05) is 13.0 Å². The third-order valence-corrected chi connectivity index (χ3v) is 5.84. The van der Waals surface area contributed by atoms with E-state index in [1.165, 1.54) is 24.8 Å². The highest BCUT2D eigenvalue weighted by Gasteiger charge is 2.66. The Bertz CT molecular complexity index is 428. The molecule has 1 heterocycles. The number of fused-ring (bicyclic) bond motifs is 5. The summed E-state index contributed by atoms with van der Waals surface area (Å²) in [5, 5.41) is 3.81. The van der Waals surface area contributed by atoms with Crippen LogP contribution in [0.15, 0.2) is 24.5 Å². The van der Waals surface area contributed by atoms with Crippen LogP contribution in [0.25, 0.3) is 0 Å². The van der Waals surface area contributed by atoms with Crippen LogP contribution in [0.1, 0.15) is 44.2 Å². The summed E-state index contributed by atoms with van der Waals surface area (Å²) in [6, 6.07) is 4.91. The average molecular weight is 256 g/mol. The first-order valence-corrected chi connectivity index (χ1v) is 8.03. The molecule has 0 aromatic carbocycles. The zero-order chi connectivity index (χ0) is 12.8. The number of pyridine rings is 1. The van der Waals surface area contributed by atoms with E-state index in [0.717, 1.165) is 36.1 Å². The van der Waals surface area contributed by atoms with E-state index in [9.17, 15) is 0 Å². The highest BCUT2D eigenvalue weighted by Crippen LogP contribution is 2.72. The molecule has 5 unspecified atom stereocenters. The van der Waals surface area contributed by atoms with Gasteiger partial charge < -0.3 is 5.32 Å². The Morgan fingerprint density at radius 2 is 2.11 bits per heavy atom. The normalized spacial score (nSPS) is 40.2. The van der Waals surface area contributed by atoms with Crippen molar-refractivity contribution in [3.63, 3.8) is 0 Å². The highest BCUT2D eigenvalue weighted by molar-refractivity contribution is 5.24. The fourth-order valence-corrected chi connectivity index (χ4v) is 5.17. The molecule has 3 saturated carbocycles. The molecule has 3 aliphatic carbocycles. The largest absolute Gasteiger partial charge is 0.310 e. The van der Waals surface area contributed by atoms with Crippen molar-refractivity contribution < 1.29 is 0 Å². The SMILES string of the molecule is CCCNC(c1cccnc1)C1C2C3CCC(C3)C21. The number of hydrogen-bond acceptors (Lipinski definition) is 2. The van der Waals surface area contributed by atoms with Crippen molar-refractivity contribution >= 4 is 0 Å². The predicted octanol–water partition coefficient (Wildman–Crippen LogP) is 3.41. The Balaban J connectivity index is 1.55. The van der Waals surface area contributed by atoms with Gasteiger partial charge >= 0.3 is 0 Å². The Hall–Kier alpha value is -0.890. The topological polar surface area (TPSA) is 24.9 Å². The molecule has 0 saturated heterocycles. The molecule has 102 valence electrons. The molecule has 2 heteroatoms. The minimum absolute atomic E-state index is 0.562. The fourth-order valence-electron chi connectivity index (χ4n) is 5.17. The number of nitrogens with one attached hydrogen (secondary N) is 1. The van der Waals surface area contributed by atoms with Gasteiger partial charge in [-0.05, 0) is 73.4 Å². The molecule has 2 nitrogen and oxygen atoms in total. The minimum Gasteiger partial charge on any atom is -0.310 e. The molecule has 1 N–H and O–H groups in total. The average Bonchev–Trinajstić information content (AvgIpc) is 2.88. The second-order valence-electron chi connectivity index (χ2n) is 6.78. The molecular weight excluding hydrogens is 232 g/mol. The van der Waals surface area contributed by atoms with Crippen molar-refractivity contribution in [2.45, 2.75) is 38.6 Å². The molecule has 5 atom stereocenters. The van der Waals surface area contributed by atoms with Crippen LogP contribution in [0.3, 0.4) is 0 Å². The zero-order valence-electron chi connectivity index (χ0n) is 11.8. The molecular formula is C17H24N2. The van der Waals surface area contributed by atoms with E-state index in [-0.39, 0.29) is 0 Å². The number of hydrogen-bond donors (Lipinski definition) is 1. The van der Waals surface area contributed by atoms with Gasteiger partial charge in [-0.25, -0.2) is 0 Å². The van der Waals surface area contributed by atoms with E-state index in [2.05, 4.69) is 35.6 Å². The lowest BCUT2D eigenvalue weighted by Gasteiger charge is -2.22. The first-order chi connectivity index (χ1) is 9.40. The maximum Gasteiger partial charge on any atom is 0.0369 e. The van der Waals surface area contributed by atoms with Crippen molar-refractivity contribution in [1.29, 1.82) is 0 Å². The van der Waals surface area contributed by atoms with Crippen molar-refractivity contribution in [3.8, 4) is 0 Å². The van der Waals surface area contributed by atoms with Gasteiger partial charge in [-0.15, -0.1) is 0 Å². The zero-order valence-corrected chi connectivity index (χ0v) is 11.8. The molecule has 0 radical (unpaired) electrons. The third kappa shape index (κ3) is 1.84. The maximum absolute atomic E-state index is 4.33. The van der Waals surface area contributed by atoms with E-state index in [4.69, 9.17) is 0 Å². The molecule has 4 rings (SSSR count). The van der Waals surface area contributed by atoms with Crippen LogP contribution >= 0.6 is 0 Å². The Morgan fingerprint density at radius 3 is 2.74 bits per heavy atom. The van der Waals surface area contributed by atoms with Gasteiger partial charge in [0.05, 0.1) is 0 Å². The van der Waals surface area contributed by atoms with E-state index in [1.807, 2.05) is 6.20 Å². The lowest BCUT2D eigenvalue weighted by molar-refractivity contribution is 0.369. The Labute approximate surface area is 116 Å². The smallest absolute Gasteiger partial charge is 0.0369 e. The van der Waals surface area contributed by atoms with Crippen molar-refractivity contribution in [1.82, 2.24) is 10.3 Å². The summed E-state index contributed by atoms with van der Waals surface area (Å²) in [4.78, 5) is 4.33. The van der Waals surface area contributed by atoms with Crippen molar-refractivity contribution in [2.75, 3.05) is 6.54 Å². The van der Waals surface area contributed by atoms with Gasteiger partial charge in [0.2, 0.25) is 0 Å². The van der Waals surface area contributed by atoms with E-state index in [0.29, 0.717) is 6.04 Å². The van der Waals surface area contributed by atoms with E-state index >= 15 is 0 Å². The van der Waals surface area contributed by atoms with Gasteiger partial charge in [-0.2, -0.15) is 0 Å². The standard InChI is InChI=1S/C17H24N2/c1-2-7-19-17(13-4-3-8-18-10-13)16-14-11-5-6-12(9-11)15(14)16/h3-4,8,10-12,14-17,19H,2,5-7,9H2,1H3. The molecule has 0 aliphatic heterocycles. The van der Waals surface area contributed by atoms with Gasteiger partial charge in [0, 0.05) is 18.4 Å². The minimum atomic E-state index is 0.562. The molecule has 2 bridgehead atoms. The third-order valence-electron chi connectivity index (χ3n) is 5.84. The van der Waals surface area contributed by atoms with Crippen molar-refractivity contribution in [3.05, 3.63) is 30.1 Å². The first-order valence-electron chi connectivity index (χ1n) is 8.03. The summed E-state index contributed by atoms with van der Waals surface area (Å²) in [6.45, 7) is 3.38.